The number of nitrogens with zero attached hydrogens (tertiary/aromatic N) is 3. The topological polar surface area (TPSA) is 38.3 Å². The predicted molar refractivity (Wildman–Crippen MR) is 74.7 cm³/mol. The largest absolute Gasteiger partial charge is 0.479 e. The number of aromatic nitrogens is 2. The van der Waals surface area contributed by atoms with Gasteiger partial charge in [0, 0.05) is 6.04 Å². The highest BCUT2D eigenvalue weighted by Crippen LogP contribution is 2.33. The first-order valence-electron chi connectivity index (χ1n) is 6.46. The molecule has 0 N–H and O–H groups in total. The Morgan fingerprint density at radius 2 is 2.17 bits per heavy atom. The number of likely N-dealkylation sites (tertiary alicyclic amines) is 1. The molecule has 1 unspecified atom stereocenters. The summed E-state index contributed by atoms with van der Waals surface area (Å²) in [5.74, 6) is 0.547. The second kappa shape index (κ2) is 5.97. The third kappa shape index (κ3) is 2.83. The van der Waals surface area contributed by atoms with E-state index in [1.807, 2.05) is 6.07 Å². The van der Waals surface area contributed by atoms with E-state index in [1.165, 1.54) is 12.8 Å². The summed E-state index contributed by atoms with van der Waals surface area (Å²) in [6.45, 7) is 5.63. The second-order valence-electron chi connectivity index (χ2n) is 4.97. The Labute approximate surface area is 117 Å². The average Bonchev–Trinajstić information content (AvgIpc) is 2.38. The Kier molecular flexibility index (Phi) is 4.56. The lowest BCUT2D eigenvalue weighted by Crippen LogP contribution is -2.38. The molecule has 5 heteroatoms. The maximum atomic E-state index is 5.13. The molecule has 0 aliphatic carbocycles. The molecule has 0 spiro atoms. The first-order valence-corrected chi connectivity index (χ1v) is 7.25. The lowest BCUT2D eigenvalue weighted by atomic mass is 9.97. The number of methoxy groups -OCH3 is 1. The maximum Gasteiger partial charge on any atom is 0.247 e. The molecule has 1 aliphatic heterocycles. The third-order valence-corrected chi connectivity index (χ3v) is 4.05. The smallest absolute Gasteiger partial charge is 0.247 e. The monoisotopic (exact) mass is 313 g/mol. The summed E-state index contributed by atoms with van der Waals surface area (Å²) in [5, 5.41) is 8.44. The lowest BCUT2D eigenvalue weighted by Gasteiger charge is -2.38. The molecule has 1 fully saturated rings. The van der Waals surface area contributed by atoms with Gasteiger partial charge in [-0.3, -0.25) is 4.90 Å². The van der Waals surface area contributed by atoms with E-state index in [-0.39, 0.29) is 0 Å². The Bertz CT molecular complexity index is 411. The normalized spacial score (nSPS) is 21.3. The highest BCUT2D eigenvalue weighted by atomic mass is 79.9. The molecule has 1 aliphatic rings. The zero-order valence-electron chi connectivity index (χ0n) is 11.2. The first-order chi connectivity index (χ1) is 8.63. The molecule has 0 amide bonds. The van der Waals surface area contributed by atoms with Gasteiger partial charge >= 0.3 is 0 Å². The van der Waals surface area contributed by atoms with Crippen LogP contribution in [0.25, 0.3) is 0 Å². The van der Waals surface area contributed by atoms with Crippen molar-refractivity contribution in [3.63, 3.8) is 0 Å². The van der Waals surface area contributed by atoms with Gasteiger partial charge in [-0.15, -0.1) is 5.10 Å². The molecule has 1 saturated heterocycles. The van der Waals surface area contributed by atoms with Crippen LogP contribution >= 0.6 is 15.9 Å². The zero-order chi connectivity index (χ0) is 13.1. The van der Waals surface area contributed by atoms with E-state index in [0.717, 1.165) is 23.1 Å². The van der Waals surface area contributed by atoms with Crippen LogP contribution in [0.3, 0.4) is 0 Å². The van der Waals surface area contributed by atoms with E-state index in [2.05, 4.69) is 44.9 Å². The Morgan fingerprint density at radius 1 is 1.39 bits per heavy atom. The van der Waals surface area contributed by atoms with Crippen molar-refractivity contribution in [1.29, 1.82) is 0 Å². The van der Waals surface area contributed by atoms with Gasteiger partial charge in [0.1, 0.15) is 0 Å². The van der Waals surface area contributed by atoms with Gasteiger partial charge in [-0.05, 0) is 55.2 Å². The number of hydrogen-bond donors (Lipinski definition) is 0. The minimum Gasteiger partial charge on any atom is -0.479 e. The maximum absolute atomic E-state index is 5.13. The highest BCUT2D eigenvalue weighted by Gasteiger charge is 2.27. The van der Waals surface area contributed by atoms with Crippen molar-refractivity contribution >= 4 is 15.9 Å². The summed E-state index contributed by atoms with van der Waals surface area (Å²) < 4.78 is 6.01. The summed E-state index contributed by atoms with van der Waals surface area (Å²) in [7, 11) is 1.61. The highest BCUT2D eigenvalue weighted by molar-refractivity contribution is 9.10. The van der Waals surface area contributed by atoms with E-state index >= 15 is 0 Å². The molecule has 2 heterocycles. The number of piperidine rings is 1. The minimum absolute atomic E-state index is 0.383. The molecular formula is C13H20BrN3O. The van der Waals surface area contributed by atoms with Gasteiger partial charge in [-0.25, -0.2) is 0 Å². The quantitative estimate of drug-likeness (QED) is 0.859. The Hall–Kier alpha value is -0.680. The zero-order valence-corrected chi connectivity index (χ0v) is 12.8. The van der Waals surface area contributed by atoms with Gasteiger partial charge < -0.3 is 4.74 Å². The van der Waals surface area contributed by atoms with Crippen molar-refractivity contribution < 1.29 is 4.74 Å². The fourth-order valence-electron chi connectivity index (χ4n) is 2.56. The summed E-state index contributed by atoms with van der Waals surface area (Å²) in [6.07, 6.45) is 3.70. The van der Waals surface area contributed by atoms with Crippen LogP contribution in [0.5, 0.6) is 5.88 Å². The number of halogens is 1. The standard InChI is InChI=1S/C13H20BrN3O/c1-9(2)17-7-5-4-6-12(17)11-8-10(14)13(18-3)16-15-11/h8-9,12H,4-7H2,1-3H3. The van der Waals surface area contributed by atoms with Crippen molar-refractivity contribution in [2.24, 2.45) is 0 Å². The van der Waals surface area contributed by atoms with Crippen molar-refractivity contribution in [2.75, 3.05) is 13.7 Å². The van der Waals surface area contributed by atoms with E-state index < -0.39 is 0 Å². The molecule has 100 valence electrons. The molecule has 2 rings (SSSR count). The van der Waals surface area contributed by atoms with Gasteiger partial charge in [0.25, 0.3) is 0 Å². The number of ether oxygens (including phenoxy) is 1. The van der Waals surface area contributed by atoms with E-state index in [1.54, 1.807) is 7.11 Å². The van der Waals surface area contributed by atoms with Crippen molar-refractivity contribution in [3.05, 3.63) is 16.2 Å². The summed E-state index contributed by atoms with van der Waals surface area (Å²) in [5.41, 5.74) is 1.04. The Balaban J connectivity index is 2.25. The summed E-state index contributed by atoms with van der Waals surface area (Å²) in [6, 6.07) is 2.96. The van der Waals surface area contributed by atoms with Crippen LogP contribution in [0.2, 0.25) is 0 Å². The van der Waals surface area contributed by atoms with Crippen LogP contribution in [0, 0.1) is 0 Å². The molecule has 0 aromatic carbocycles. The first kappa shape index (κ1) is 13.7. The van der Waals surface area contributed by atoms with Gasteiger partial charge in [0.05, 0.1) is 23.3 Å². The predicted octanol–water partition coefficient (Wildman–Crippen LogP) is 3.18. The van der Waals surface area contributed by atoms with Crippen LogP contribution in [0.1, 0.15) is 44.8 Å². The molecule has 0 bridgehead atoms. The fraction of sp³-hybridized carbons (Fsp3) is 0.692. The van der Waals surface area contributed by atoms with E-state index in [0.29, 0.717) is 18.0 Å². The van der Waals surface area contributed by atoms with Crippen LogP contribution in [0.15, 0.2) is 10.5 Å². The van der Waals surface area contributed by atoms with Gasteiger partial charge in [-0.1, -0.05) is 6.42 Å². The molecule has 4 nitrogen and oxygen atoms in total. The number of hydrogen-bond acceptors (Lipinski definition) is 4. The molecular weight excluding hydrogens is 294 g/mol. The minimum atomic E-state index is 0.383. The van der Waals surface area contributed by atoms with Crippen LogP contribution < -0.4 is 4.74 Å². The molecule has 0 saturated carbocycles. The lowest BCUT2D eigenvalue weighted by molar-refractivity contribution is 0.108. The van der Waals surface area contributed by atoms with Crippen LogP contribution in [-0.2, 0) is 0 Å². The van der Waals surface area contributed by atoms with Crippen LogP contribution in [-0.4, -0.2) is 34.8 Å². The van der Waals surface area contributed by atoms with Crippen molar-refractivity contribution in [1.82, 2.24) is 15.1 Å². The summed E-state index contributed by atoms with van der Waals surface area (Å²) in [4.78, 5) is 2.51. The second-order valence-corrected chi connectivity index (χ2v) is 5.82. The van der Waals surface area contributed by atoms with E-state index in [9.17, 15) is 0 Å². The summed E-state index contributed by atoms with van der Waals surface area (Å²) >= 11 is 3.48. The third-order valence-electron chi connectivity index (χ3n) is 3.48. The number of rotatable bonds is 3. The SMILES string of the molecule is COc1nnc(C2CCCCN2C(C)C)cc1Br. The van der Waals surface area contributed by atoms with Crippen molar-refractivity contribution in [3.8, 4) is 5.88 Å². The average molecular weight is 314 g/mol. The molecule has 0 radical (unpaired) electrons. The molecule has 1 aromatic rings. The molecule has 18 heavy (non-hydrogen) atoms. The molecule has 1 atom stereocenters. The fourth-order valence-corrected chi connectivity index (χ4v) is 3.04. The van der Waals surface area contributed by atoms with Gasteiger partial charge in [-0.2, -0.15) is 5.10 Å². The molecule has 1 aromatic heterocycles. The van der Waals surface area contributed by atoms with E-state index in [4.69, 9.17) is 4.74 Å². The van der Waals surface area contributed by atoms with Gasteiger partial charge in [0.2, 0.25) is 5.88 Å². The van der Waals surface area contributed by atoms with Crippen molar-refractivity contribution in [2.45, 2.75) is 45.2 Å². The van der Waals surface area contributed by atoms with Gasteiger partial charge in [0.15, 0.2) is 0 Å². The Morgan fingerprint density at radius 3 is 2.78 bits per heavy atom. The van der Waals surface area contributed by atoms with Crippen LogP contribution in [0.4, 0.5) is 0 Å².